The normalized spacial score (nSPS) is 11.5. The average Bonchev–Trinajstić information content (AvgIpc) is 2.72. The number of methoxy groups -OCH3 is 1. The highest BCUT2D eigenvalue weighted by Gasteiger charge is 2.28. The summed E-state index contributed by atoms with van der Waals surface area (Å²) in [6, 6.07) is 16.8. The highest BCUT2D eigenvalue weighted by atomic mass is 32.2. The van der Waals surface area contributed by atoms with Gasteiger partial charge >= 0.3 is 0 Å². The number of benzene rings is 2. The standard InChI is InChI=1S/C21H26N2O3S/c1-4-19(21(25)22-2)23(14-16-9-8-10-17(13-16)26-3)20(24)15-27-18-11-6-5-7-12-18/h5-13,19H,4,14-15H2,1-3H3,(H,22,25)/t19-/m1/s1. The van der Waals surface area contributed by atoms with Gasteiger partial charge in [-0.1, -0.05) is 37.3 Å². The Hall–Kier alpha value is -2.47. The summed E-state index contributed by atoms with van der Waals surface area (Å²) in [5, 5.41) is 2.67. The van der Waals surface area contributed by atoms with Crippen molar-refractivity contribution in [2.75, 3.05) is 19.9 Å². The number of thioether (sulfide) groups is 1. The second kappa shape index (κ2) is 10.6. The number of carbonyl (C=O) groups is 2. The first-order valence-corrected chi connectivity index (χ1v) is 9.89. The van der Waals surface area contributed by atoms with Crippen LogP contribution in [0.2, 0.25) is 0 Å². The van der Waals surface area contributed by atoms with Gasteiger partial charge in [-0.05, 0) is 36.2 Å². The van der Waals surface area contributed by atoms with Crippen LogP contribution >= 0.6 is 11.8 Å². The molecule has 0 heterocycles. The monoisotopic (exact) mass is 386 g/mol. The van der Waals surface area contributed by atoms with E-state index in [9.17, 15) is 9.59 Å². The van der Waals surface area contributed by atoms with Crippen molar-refractivity contribution in [3.8, 4) is 5.75 Å². The van der Waals surface area contributed by atoms with Crippen molar-refractivity contribution in [2.45, 2.75) is 30.8 Å². The highest BCUT2D eigenvalue weighted by Crippen LogP contribution is 2.21. The van der Waals surface area contributed by atoms with Gasteiger partial charge in [-0.3, -0.25) is 9.59 Å². The van der Waals surface area contributed by atoms with Gasteiger partial charge in [0.1, 0.15) is 11.8 Å². The van der Waals surface area contributed by atoms with Gasteiger partial charge in [0.05, 0.1) is 12.9 Å². The summed E-state index contributed by atoms with van der Waals surface area (Å²) in [7, 11) is 3.20. The van der Waals surface area contributed by atoms with Gasteiger partial charge in [0, 0.05) is 18.5 Å². The van der Waals surface area contributed by atoms with E-state index in [2.05, 4.69) is 5.32 Å². The fourth-order valence-electron chi connectivity index (χ4n) is 2.80. The Bertz CT molecular complexity index is 752. The number of nitrogens with zero attached hydrogens (tertiary/aromatic N) is 1. The van der Waals surface area contributed by atoms with Crippen LogP contribution in [0.25, 0.3) is 0 Å². The molecule has 27 heavy (non-hydrogen) atoms. The number of rotatable bonds is 9. The minimum absolute atomic E-state index is 0.0675. The quantitative estimate of drug-likeness (QED) is 0.672. The minimum Gasteiger partial charge on any atom is -0.497 e. The molecular formula is C21H26N2O3S. The number of hydrogen-bond donors (Lipinski definition) is 1. The second-order valence-electron chi connectivity index (χ2n) is 6.01. The lowest BCUT2D eigenvalue weighted by atomic mass is 10.1. The van der Waals surface area contributed by atoms with Crippen LogP contribution in [-0.2, 0) is 16.1 Å². The van der Waals surface area contributed by atoms with E-state index >= 15 is 0 Å². The topological polar surface area (TPSA) is 58.6 Å². The molecule has 2 rings (SSSR count). The van der Waals surface area contributed by atoms with Crippen molar-refractivity contribution in [3.05, 3.63) is 60.2 Å². The Labute approximate surface area is 165 Å². The first-order chi connectivity index (χ1) is 13.1. The molecule has 0 bridgehead atoms. The Kier molecular flexibility index (Phi) is 8.20. The number of ether oxygens (including phenoxy) is 1. The maximum absolute atomic E-state index is 13.0. The molecule has 2 amide bonds. The van der Waals surface area contributed by atoms with E-state index < -0.39 is 6.04 Å². The summed E-state index contributed by atoms with van der Waals surface area (Å²) in [4.78, 5) is 28.0. The van der Waals surface area contributed by atoms with Crippen molar-refractivity contribution in [3.63, 3.8) is 0 Å². The fraction of sp³-hybridized carbons (Fsp3) is 0.333. The van der Waals surface area contributed by atoms with Crippen LogP contribution in [0.1, 0.15) is 18.9 Å². The zero-order valence-electron chi connectivity index (χ0n) is 16.0. The predicted molar refractivity (Wildman–Crippen MR) is 109 cm³/mol. The Morgan fingerprint density at radius 3 is 2.52 bits per heavy atom. The van der Waals surface area contributed by atoms with E-state index in [1.54, 1.807) is 19.1 Å². The van der Waals surface area contributed by atoms with Gasteiger partial charge in [-0.15, -0.1) is 11.8 Å². The Balaban J connectivity index is 2.19. The van der Waals surface area contributed by atoms with Crippen LogP contribution < -0.4 is 10.1 Å². The SMILES string of the molecule is CC[C@H](C(=O)NC)N(Cc1cccc(OC)c1)C(=O)CSc1ccccc1. The number of nitrogens with one attached hydrogen (secondary N) is 1. The van der Waals surface area contributed by atoms with Crippen molar-refractivity contribution < 1.29 is 14.3 Å². The highest BCUT2D eigenvalue weighted by molar-refractivity contribution is 8.00. The maximum atomic E-state index is 13.0. The van der Waals surface area contributed by atoms with Crippen LogP contribution in [-0.4, -0.2) is 42.7 Å². The molecular weight excluding hydrogens is 360 g/mol. The van der Waals surface area contributed by atoms with E-state index in [-0.39, 0.29) is 17.6 Å². The van der Waals surface area contributed by atoms with Crippen LogP contribution in [0.4, 0.5) is 0 Å². The van der Waals surface area contributed by atoms with Crippen molar-refractivity contribution in [2.24, 2.45) is 0 Å². The number of carbonyl (C=O) groups excluding carboxylic acids is 2. The summed E-state index contributed by atoms with van der Waals surface area (Å²) < 4.78 is 5.27. The molecule has 2 aromatic rings. The van der Waals surface area contributed by atoms with Gasteiger partial charge in [0.25, 0.3) is 0 Å². The van der Waals surface area contributed by atoms with E-state index in [4.69, 9.17) is 4.74 Å². The van der Waals surface area contributed by atoms with Crippen LogP contribution in [0.3, 0.4) is 0 Å². The predicted octanol–water partition coefficient (Wildman–Crippen LogP) is 3.34. The molecule has 144 valence electrons. The Morgan fingerprint density at radius 2 is 1.89 bits per heavy atom. The molecule has 0 unspecified atom stereocenters. The zero-order chi connectivity index (χ0) is 19.6. The van der Waals surface area contributed by atoms with Gasteiger partial charge in [0.2, 0.25) is 11.8 Å². The Morgan fingerprint density at radius 1 is 1.15 bits per heavy atom. The molecule has 2 aromatic carbocycles. The largest absolute Gasteiger partial charge is 0.497 e. The third kappa shape index (κ3) is 6.03. The van der Waals surface area contributed by atoms with E-state index in [0.717, 1.165) is 16.2 Å². The van der Waals surface area contributed by atoms with Gasteiger partial charge in [0.15, 0.2) is 0 Å². The lowest BCUT2D eigenvalue weighted by Crippen LogP contribution is -2.48. The van der Waals surface area contributed by atoms with E-state index in [1.807, 2.05) is 61.5 Å². The summed E-state index contributed by atoms with van der Waals surface area (Å²) in [6.07, 6.45) is 0.547. The van der Waals surface area contributed by atoms with Crippen molar-refractivity contribution in [1.29, 1.82) is 0 Å². The van der Waals surface area contributed by atoms with Gasteiger partial charge in [-0.2, -0.15) is 0 Å². The van der Waals surface area contributed by atoms with Gasteiger partial charge < -0.3 is 15.0 Å². The fourth-order valence-corrected chi connectivity index (χ4v) is 3.60. The van der Waals surface area contributed by atoms with Crippen LogP contribution in [0, 0.1) is 0 Å². The molecule has 0 aliphatic carbocycles. The first kappa shape index (κ1) is 20.8. The lowest BCUT2D eigenvalue weighted by Gasteiger charge is -2.30. The molecule has 6 heteroatoms. The molecule has 0 aromatic heterocycles. The summed E-state index contributed by atoms with van der Waals surface area (Å²) >= 11 is 1.47. The smallest absolute Gasteiger partial charge is 0.242 e. The first-order valence-electron chi connectivity index (χ1n) is 8.90. The van der Waals surface area contributed by atoms with Crippen molar-refractivity contribution in [1.82, 2.24) is 10.2 Å². The number of hydrogen-bond acceptors (Lipinski definition) is 4. The molecule has 0 spiro atoms. The molecule has 1 N–H and O–H groups in total. The minimum atomic E-state index is -0.509. The van der Waals surface area contributed by atoms with E-state index in [0.29, 0.717) is 13.0 Å². The number of amides is 2. The number of likely N-dealkylation sites (N-methyl/N-ethyl adjacent to an activating group) is 1. The third-order valence-electron chi connectivity index (χ3n) is 4.22. The van der Waals surface area contributed by atoms with E-state index in [1.165, 1.54) is 11.8 Å². The van der Waals surface area contributed by atoms with Crippen molar-refractivity contribution >= 4 is 23.6 Å². The molecule has 5 nitrogen and oxygen atoms in total. The molecule has 0 fully saturated rings. The molecule has 0 saturated carbocycles. The molecule has 0 radical (unpaired) electrons. The molecule has 1 atom stereocenters. The van der Waals surface area contributed by atoms with Crippen LogP contribution in [0.15, 0.2) is 59.5 Å². The zero-order valence-corrected chi connectivity index (χ0v) is 16.8. The second-order valence-corrected chi connectivity index (χ2v) is 7.06. The molecule has 0 aliphatic rings. The summed E-state index contributed by atoms with van der Waals surface area (Å²) in [5.74, 6) is 0.786. The molecule has 0 saturated heterocycles. The summed E-state index contributed by atoms with van der Waals surface area (Å²) in [5.41, 5.74) is 0.926. The summed E-state index contributed by atoms with van der Waals surface area (Å²) in [6.45, 7) is 2.27. The third-order valence-corrected chi connectivity index (χ3v) is 5.22. The van der Waals surface area contributed by atoms with Gasteiger partial charge in [-0.25, -0.2) is 0 Å². The average molecular weight is 387 g/mol. The maximum Gasteiger partial charge on any atom is 0.242 e. The lowest BCUT2D eigenvalue weighted by molar-refractivity contribution is -0.139. The molecule has 0 aliphatic heterocycles. The van der Waals surface area contributed by atoms with Crippen LogP contribution in [0.5, 0.6) is 5.75 Å².